The molecule has 1 aliphatic rings. The number of carbonyl (C=O) groups excluding carboxylic acids is 1. The summed E-state index contributed by atoms with van der Waals surface area (Å²) in [5.41, 5.74) is 0. The summed E-state index contributed by atoms with van der Waals surface area (Å²) in [6, 6.07) is 0. The lowest BCUT2D eigenvalue weighted by molar-refractivity contribution is -0.127. The Bertz CT molecular complexity index is 425. The van der Waals surface area contributed by atoms with Crippen LogP contribution in [0.15, 0.2) is 12.2 Å². The Morgan fingerprint density at radius 1 is 0.828 bits per heavy atom. The second kappa shape index (κ2) is 18.1. The predicted molar refractivity (Wildman–Crippen MR) is 124 cm³/mol. The quantitative estimate of drug-likeness (QED) is 0.225. The second-order valence-electron chi connectivity index (χ2n) is 8.56. The Morgan fingerprint density at radius 2 is 1.38 bits per heavy atom. The monoisotopic (exact) mass is 408 g/mol. The molecule has 0 saturated carbocycles. The second-order valence-corrected chi connectivity index (χ2v) is 8.56. The van der Waals surface area contributed by atoms with Crippen molar-refractivity contribution in [2.24, 2.45) is 0 Å². The van der Waals surface area contributed by atoms with Gasteiger partial charge in [-0.05, 0) is 38.6 Å². The molecule has 1 aliphatic heterocycles. The molecule has 0 amide bonds. The fourth-order valence-corrected chi connectivity index (χ4v) is 4.33. The van der Waals surface area contributed by atoms with Crippen LogP contribution in [-0.4, -0.2) is 59.6 Å². The number of hydrogen-bond donors (Lipinski definition) is 1. The van der Waals surface area contributed by atoms with Crippen molar-refractivity contribution < 1.29 is 9.90 Å². The molecule has 0 radical (unpaired) electrons. The normalized spacial score (nSPS) is 18.2. The molecule has 4 heteroatoms. The first kappa shape index (κ1) is 26.3. The standard InChI is InChI=1S/C25H48N2O2/c1-3-5-6-7-8-9-10-11-12-13-14-15-16-17-18-19-24(29)25-26(4-2)20-21-27(25)22-23-28/h11-12,25,28H,3-10,13-23H2,1-2H3/b12-11-. The first-order valence-corrected chi connectivity index (χ1v) is 12.5. The van der Waals surface area contributed by atoms with Crippen molar-refractivity contribution in [1.29, 1.82) is 0 Å². The van der Waals surface area contributed by atoms with E-state index >= 15 is 0 Å². The fourth-order valence-electron chi connectivity index (χ4n) is 4.33. The Morgan fingerprint density at radius 3 is 1.97 bits per heavy atom. The highest BCUT2D eigenvalue weighted by molar-refractivity contribution is 5.83. The molecule has 29 heavy (non-hydrogen) atoms. The van der Waals surface area contributed by atoms with Gasteiger partial charge in [-0.1, -0.05) is 77.4 Å². The third kappa shape index (κ3) is 11.9. The Hall–Kier alpha value is -0.710. The van der Waals surface area contributed by atoms with Gasteiger partial charge in [0.1, 0.15) is 6.17 Å². The van der Waals surface area contributed by atoms with Crippen LogP contribution in [0.5, 0.6) is 0 Å². The van der Waals surface area contributed by atoms with Crippen LogP contribution in [0.1, 0.15) is 104 Å². The van der Waals surface area contributed by atoms with Gasteiger partial charge in [-0.25, -0.2) is 0 Å². The lowest BCUT2D eigenvalue weighted by Crippen LogP contribution is -2.45. The van der Waals surface area contributed by atoms with Gasteiger partial charge >= 0.3 is 0 Å². The maximum Gasteiger partial charge on any atom is 0.164 e. The number of β-amino-alcohol motifs (C(OH)–C–C–N with tert-alkyl or cyclic N) is 1. The van der Waals surface area contributed by atoms with E-state index in [0.717, 1.165) is 32.5 Å². The van der Waals surface area contributed by atoms with E-state index < -0.39 is 0 Å². The molecule has 1 saturated heterocycles. The molecule has 1 N–H and O–H groups in total. The summed E-state index contributed by atoms with van der Waals surface area (Å²) in [5, 5.41) is 9.23. The van der Waals surface area contributed by atoms with Crippen LogP contribution in [0, 0.1) is 0 Å². The van der Waals surface area contributed by atoms with Crippen LogP contribution in [0.2, 0.25) is 0 Å². The van der Waals surface area contributed by atoms with E-state index in [1.54, 1.807) is 0 Å². The van der Waals surface area contributed by atoms with Crippen LogP contribution in [0.25, 0.3) is 0 Å². The highest BCUT2D eigenvalue weighted by Gasteiger charge is 2.35. The maximum atomic E-state index is 12.7. The summed E-state index contributed by atoms with van der Waals surface area (Å²) in [6.45, 7) is 7.88. The summed E-state index contributed by atoms with van der Waals surface area (Å²) in [5.74, 6) is 0.343. The number of allylic oxidation sites excluding steroid dienone is 2. The van der Waals surface area contributed by atoms with E-state index in [4.69, 9.17) is 0 Å². The lowest BCUT2D eigenvalue weighted by atomic mass is 10.1. The Kier molecular flexibility index (Phi) is 16.4. The topological polar surface area (TPSA) is 43.8 Å². The summed E-state index contributed by atoms with van der Waals surface area (Å²) >= 11 is 0. The van der Waals surface area contributed by atoms with Crippen LogP contribution >= 0.6 is 0 Å². The van der Waals surface area contributed by atoms with Gasteiger partial charge in [-0.3, -0.25) is 14.6 Å². The van der Waals surface area contributed by atoms with E-state index in [0.29, 0.717) is 18.7 Å². The number of likely N-dealkylation sites (N-methyl/N-ethyl adjacent to an activating group) is 1. The van der Waals surface area contributed by atoms with Gasteiger partial charge in [0.15, 0.2) is 5.78 Å². The minimum absolute atomic E-state index is 0.0936. The molecule has 1 rings (SSSR count). The fraction of sp³-hybridized carbons (Fsp3) is 0.880. The predicted octanol–water partition coefficient (Wildman–Crippen LogP) is 5.55. The Balaban J connectivity index is 1.98. The van der Waals surface area contributed by atoms with Gasteiger partial charge < -0.3 is 5.11 Å². The largest absolute Gasteiger partial charge is 0.395 e. The van der Waals surface area contributed by atoms with Gasteiger partial charge in [-0.15, -0.1) is 0 Å². The minimum atomic E-state index is -0.0936. The molecule has 170 valence electrons. The summed E-state index contributed by atoms with van der Waals surface area (Å²) < 4.78 is 0. The van der Waals surface area contributed by atoms with Crippen LogP contribution in [0.3, 0.4) is 0 Å². The number of unbranched alkanes of at least 4 members (excludes halogenated alkanes) is 11. The first-order chi connectivity index (χ1) is 14.2. The minimum Gasteiger partial charge on any atom is -0.395 e. The number of hydrogen-bond acceptors (Lipinski definition) is 4. The highest BCUT2D eigenvalue weighted by Crippen LogP contribution is 2.18. The molecule has 1 atom stereocenters. The van der Waals surface area contributed by atoms with Crippen molar-refractivity contribution in [3.63, 3.8) is 0 Å². The van der Waals surface area contributed by atoms with Crippen molar-refractivity contribution in [2.45, 2.75) is 110 Å². The highest BCUT2D eigenvalue weighted by atomic mass is 16.3. The molecular weight excluding hydrogens is 360 g/mol. The zero-order chi connectivity index (χ0) is 21.2. The molecule has 0 aromatic carbocycles. The van der Waals surface area contributed by atoms with Gasteiger partial charge in [0.25, 0.3) is 0 Å². The van der Waals surface area contributed by atoms with Crippen molar-refractivity contribution in [3.8, 4) is 0 Å². The van der Waals surface area contributed by atoms with E-state index in [9.17, 15) is 9.90 Å². The molecule has 1 unspecified atom stereocenters. The van der Waals surface area contributed by atoms with Gasteiger partial charge in [-0.2, -0.15) is 0 Å². The van der Waals surface area contributed by atoms with Gasteiger partial charge in [0, 0.05) is 26.1 Å². The van der Waals surface area contributed by atoms with Crippen LogP contribution in [0.4, 0.5) is 0 Å². The molecule has 1 fully saturated rings. The average molecular weight is 409 g/mol. The van der Waals surface area contributed by atoms with Gasteiger partial charge in [0.05, 0.1) is 6.61 Å². The van der Waals surface area contributed by atoms with Gasteiger partial charge in [0.2, 0.25) is 0 Å². The molecule has 0 aromatic rings. The molecular formula is C25H48N2O2. The lowest BCUT2D eigenvalue weighted by Gasteiger charge is -2.27. The number of rotatable bonds is 19. The molecule has 0 spiro atoms. The maximum absolute atomic E-state index is 12.7. The smallest absolute Gasteiger partial charge is 0.164 e. The number of aliphatic hydroxyl groups excluding tert-OH is 1. The van der Waals surface area contributed by atoms with Crippen LogP contribution < -0.4 is 0 Å². The third-order valence-electron chi connectivity index (χ3n) is 6.13. The number of ketones is 1. The summed E-state index contributed by atoms with van der Waals surface area (Å²) in [6.07, 6.45) is 22.0. The molecule has 0 aliphatic carbocycles. The van der Waals surface area contributed by atoms with E-state index in [-0.39, 0.29) is 12.8 Å². The Labute approximate surface area is 180 Å². The molecule has 0 bridgehead atoms. The summed E-state index contributed by atoms with van der Waals surface area (Å²) in [4.78, 5) is 17.0. The molecule has 4 nitrogen and oxygen atoms in total. The van der Waals surface area contributed by atoms with Crippen molar-refractivity contribution in [1.82, 2.24) is 9.80 Å². The van der Waals surface area contributed by atoms with E-state index in [2.05, 4.69) is 35.8 Å². The summed E-state index contributed by atoms with van der Waals surface area (Å²) in [7, 11) is 0. The van der Waals surface area contributed by atoms with E-state index in [1.807, 2.05) is 0 Å². The molecule has 0 aromatic heterocycles. The van der Waals surface area contributed by atoms with E-state index in [1.165, 1.54) is 70.6 Å². The van der Waals surface area contributed by atoms with Crippen molar-refractivity contribution in [2.75, 3.05) is 32.8 Å². The van der Waals surface area contributed by atoms with Crippen LogP contribution in [-0.2, 0) is 4.79 Å². The number of carbonyl (C=O) groups is 1. The zero-order valence-electron chi connectivity index (χ0n) is 19.4. The number of nitrogens with zero attached hydrogens (tertiary/aromatic N) is 2. The first-order valence-electron chi connectivity index (χ1n) is 12.5. The third-order valence-corrected chi connectivity index (χ3v) is 6.13. The number of aliphatic hydroxyl groups is 1. The zero-order valence-corrected chi connectivity index (χ0v) is 19.4. The number of Topliss-reactive ketones (excluding diaryl/α,β-unsaturated/α-hetero) is 1. The SMILES string of the molecule is CCCCCCCC/C=C\CCCCCCCC(=O)C1N(CC)CCN1CCO. The van der Waals surface area contributed by atoms with Crippen molar-refractivity contribution in [3.05, 3.63) is 12.2 Å². The van der Waals surface area contributed by atoms with Crippen molar-refractivity contribution >= 4 is 5.78 Å². The molecule has 1 heterocycles. The average Bonchev–Trinajstić information content (AvgIpc) is 3.14.